The average Bonchev–Trinajstić information content (AvgIpc) is 2.78. The molecule has 0 atom stereocenters. The summed E-state index contributed by atoms with van der Waals surface area (Å²) in [6, 6.07) is 8.88. The molecule has 0 fully saturated rings. The second-order valence-corrected chi connectivity index (χ2v) is 4.65. The van der Waals surface area contributed by atoms with Crippen molar-refractivity contribution in [2.75, 3.05) is 5.32 Å². The van der Waals surface area contributed by atoms with Crippen molar-refractivity contribution in [1.29, 1.82) is 0 Å². The van der Waals surface area contributed by atoms with E-state index in [-0.39, 0.29) is 11.7 Å². The van der Waals surface area contributed by atoms with Crippen molar-refractivity contribution in [2.45, 2.75) is 13.3 Å². The molecule has 1 aromatic carbocycles. The normalized spacial score (nSPS) is 10.2. The number of nitrogens with zero attached hydrogens (tertiary/aromatic N) is 1. The van der Waals surface area contributed by atoms with Gasteiger partial charge in [0.05, 0.1) is 10.7 Å². The first-order valence-corrected chi connectivity index (χ1v) is 6.07. The molecule has 3 N–H and O–H groups in total. The molecular weight excluding hydrogens is 262 g/mol. The van der Waals surface area contributed by atoms with Gasteiger partial charge in [-0.15, -0.1) is 0 Å². The van der Waals surface area contributed by atoms with Crippen LogP contribution in [0.15, 0.2) is 34.9 Å². The molecule has 98 valence electrons. The van der Waals surface area contributed by atoms with Gasteiger partial charge in [-0.3, -0.25) is 4.79 Å². The number of benzene rings is 1. The van der Waals surface area contributed by atoms with E-state index in [1.165, 1.54) is 0 Å². The highest BCUT2D eigenvalue weighted by molar-refractivity contribution is 7.80. The summed E-state index contributed by atoms with van der Waals surface area (Å²) in [7, 11) is 0. The summed E-state index contributed by atoms with van der Waals surface area (Å²) in [6.45, 7) is 1.75. The Morgan fingerprint density at radius 3 is 2.63 bits per heavy atom. The van der Waals surface area contributed by atoms with Crippen molar-refractivity contribution in [3.63, 3.8) is 0 Å². The van der Waals surface area contributed by atoms with E-state index in [0.29, 0.717) is 22.8 Å². The van der Waals surface area contributed by atoms with E-state index in [1.54, 1.807) is 25.1 Å². The van der Waals surface area contributed by atoms with Gasteiger partial charge in [-0.1, -0.05) is 29.5 Å². The lowest BCUT2D eigenvalue weighted by molar-refractivity contribution is 0.0988. The van der Waals surface area contributed by atoms with Gasteiger partial charge in [0.2, 0.25) is 5.76 Å². The van der Waals surface area contributed by atoms with Gasteiger partial charge in [-0.2, -0.15) is 0 Å². The third-order valence-electron chi connectivity index (χ3n) is 2.44. The fourth-order valence-electron chi connectivity index (χ4n) is 1.57. The van der Waals surface area contributed by atoms with Crippen LogP contribution in [-0.2, 0) is 6.42 Å². The molecule has 0 bridgehead atoms. The number of hydrogen-bond acceptors (Lipinski definition) is 4. The molecule has 1 aromatic heterocycles. The first kappa shape index (κ1) is 13.2. The number of carbonyl (C=O) groups excluding carboxylic acids is 1. The van der Waals surface area contributed by atoms with Crippen molar-refractivity contribution in [3.8, 4) is 0 Å². The predicted octanol–water partition coefficient (Wildman–Crippen LogP) is 2.06. The van der Waals surface area contributed by atoms with Gasteiger partial charge in [0.1, 0.15) is 0 Å². The van der Waals surface area contributed by atoms with Crippen molar-refractivity contribution in [3.05, 3.63) is 47.3 Å². The minimum atomic E-state index is -0.331. The quantitative estimate of drug-likeness (QED) is 0.835. The number of amides is 1. The largest absolute Gasteiger partial charge is 0.393 e. The first-order chi connectivity index (χ1) is 9.04. The zero-order chi connectivity index (χ0) is 13.8. The molecule has 0 aliphatic heterocycles. The highest BCUT2D eigenvalue weighted by atomic mass is 32.1. The van der Waals surface area contributed by atoms with Crippen LogP contribution in [0.3, 0.4) is 0 Å². The topological polar surface area (TPSA) is 81.2 Å². The van der Waals surface area contributed by atoms with E-state index in [2.05, 4.69) is 10.5 Å². The van der Waals surface area contributed by atoms with Crippen LogP contribution >= 0.6 is 12.2 Å². The zero-order valence-electron chi connectivity index (χ0n) is 10.3. The van der Waals surface area contributed by atoms with Crippen LogP contribution in [-0.4, -0.2) is 16.1 Å². The Kier molecular flexibility index (Phi) is 3.91. The fourth-order valence-corrected chi connectivity index (χ4v) is 1.74. The van der Waals surface area contributed by atoms with Crippen molar-refractivity contribution in [2.24, 2.45) is 5.73 Å². The van der Waals surface area contributed by atoms with Crippen LogP contribution in [0.4, 0.5) is 5.69 Å². The number of carbonyl (C=O) groups is 1. The highest BCUT2D eigenvalue weighted by Gasteiger charge is 2.11. The predicted molar refractivity (Wildman–Crippen MR) is 76.1 cm³/mol. The van der Waals surface area contributed by atoms with E-state index in [0.717, 1.165) is 5.56 Å². The maximum absolute atomic E-state index is 11.8. The Morgan fingerprint density at radius 1 is 1.42 bits per heavy atom. The van der Waals surface area contributed by atoms with Gasteiger partial charge >= 0.3 is 0 Å². The summed E-state index contributed by atoms with van der Waals surface area (Å²) in [5.41, 5.74) is 7.80. The maximum atomic E-state index is 11.8. The van der Waals surface area contributed by atoms with Gasteiger partial charge in [-0.25, -0.2) is 0 Å². The molecule has 1 heterocycles. The molecule has 0 saturated carbocycles. The van der Waals surface area contributed by atoms with Crippen molar-refractivity contribution in [1.82, 2.24) is 5.16 Å². The number of nitrogens with two attached hydrogens (primary N) is 1. The number of nitrogens with one attached hydrogen (secondary N) is 1. The molecule has 0 radical (unpaired) electrons. The number of aromatic nitrogens is 1. The Bertz CT molecular complexity index is 605. The summed E-state index contributed by atoms with van der Waals surface area (Å²) >= 11 is 4.84. The second-order valence-electron chi connectivity index (χ2n) is 4.13. The Labute approximate surface area is 115 Å². The standard InChI is InChI=1S/C13H13N3O2S/c1-8-6-11(18-16-8)13(17)15-10-4-2-9(3-5-10)7-12(14)19/h2-6H,7H2,1H3,(H2,14,19)(H,15,17). The minimum absolute atomic E-state index is 0.185. The molecule has 6 heteroatoms. The molecule has 0 aliphatic carbocycles. The van der Waals surface area contributed by atoms with E-state index in [1.807, 2.05) is 12.1 Å². The Balaban J connectivity index is 2.03. The summed E-state index contributed by atoms with van der Waals surface area (Å²) in [4.78, 5) is 12.2. The Morgan fingerprint density at radius 2 is 2.11 bits per heavy atom. The molecule has 0 spiro atoms. The van der Waals surface area contributed by atoms with Gasteiger partial charge < -0.3 is 15.6 Å². The summed E-state index contributed by atoms with van der Waals surface area (Å²) < 4.78 is 4.88. The minimum Gasteiger partial charge on any atom is -0.393 e. The van der Waals surface area contributed by atoms with E-state index < -0.39 is 0 Å². The van der Waals surface area contributed by atoms with E-state index in [9.17, 15) is 4.79 Å². The molecule has 0 aliphatic rings. The third-order valence-corrected chi connectivity index (χ3v) is 2.59. The lowest BCUT2D eigenvalue weighted by Crippen LogP contribution is -2.12. The summed E-state index contributed by atoms with van der Waals surface area (Å²) in [6.07, 6.45) is 0.546. The number of thiocarbonyl (C=S) groups is 1. The van der Waals surface area contributed by atoms with Gasteiger partial charge in [0.25, 0.3) is 5.91 Å². The van der Waals surface area contributed by atoms with Gasteiger partial charge in [0.15, 0.2) is 0 Å². The molecule has 1 amide bonds. The first-order valence-electron chi connectivity index (χ1n) is 5.66. The lowest BCUT2D eigenvalue weighted by Gasteiger charge is -2.04. The Hall–Kier alpha value is -2.21. The number of rotatable bonds is 4. The average molecular weight is 275 g/mol. The third kappa shape index (κ3) is 3.62. The maximum Gasteiger partial charge on any atom is 0.294 e. The number of aryl methyl sites for hydroxylation is 1. The highest BCUT2D eigenvalue weighted by Crippen LogP contribution is 2.12. The fraction of sp³-hybridized carbons (Fsp3) is 0.154. The van der Waals surface area contributed by atoms with E-state index >= 15 is 0 Å². The van der Waals surface area contributed by atoms with Crippen molar-refractivity contribution >= 4 is 28.8 Å². The number of anilines is 1. The van der Waals surface area contributed by atoms with Gasteiger partial charge in [0, 0.05) is 18.2 Å². The van der Waals surface area contributed by atoms with Crippen LogP contribution in [0, 0.1) is 6.92 Å². The summed E-state index contributed by atoms with van der Waals surface area (Å²) in [5, 5.41) is 6.38. The molecule has 5 nitrogen and oxygen atoms in total. The SMILES string of the molecule is Cc1cc(C(=O)Nc2ccc(CC(N)=S)cc2)on1. The van der Waals surface area contributed by atoms with Crippen LogP contribution < -0.4 is 11.1 Å². The molecule has 0 unspecified atom stereocenters. The summed E-state index contributed by atoms with van der Waals surface area (Å²) in [5.74, 6) is -0.146. The van der Waals surface area contributed by atoms with Crippen LogP contribution in [0.2, 0.25) is 0 Å². The van der Waals surface area contributed by atoms with Crippen LogP contribution in [0.5, 0.6) is 0 Å². The lowest BCUT2D eigenvalue weighted by atomic mass is 10.1. The van der Waals surface area contributed by atoms with Crippen LogP contribution in [0.1, 0.15) is 21.8 Å². The van der Waals surface area contributed by atoms with Crippen LogP contribution in [0.25, 0.3) is 0 Å². The molecular formula is C13H13N3O2S. The van der Waals surface area contributed by atoms with E-state index in [4.69, 9.17) is 22.5 Å². The second kappa shape index (κ2) is 5.62. The van der Waals surface area contributed by atoms with Crippen molar-refractivity contribution < 1.29 is 9.32 Å². The molecule has 19 heavy (non-hydrogen) atoms. The monoisotopic (exact) mass is 275 g/mol. The van der Waals surface area contributed by atoms with Gasteiger partial charge in [-0.05, 0) is 24.6 Å². The molecule has 0 saturated heterocycles. The number of hydrogen-bond donors (Lipinski definition) is 2. The smallest absolute Gasteiger partial charge is 0.294 e. The molecule has 2 aromatic rings. The molecule has 2 rings (SSSR count). The zero-order valence-corrected chi connectivity index (χ0v) is 11.2.